The standard InChI is InChI=1S/C20H17N7O4/c1-20(18(28)29,11-5-3-6-12(9-11)30-2)27-17-13(10-22-27)16-23-15(14-7-4-8-31-14)25-26(16)19(21)24-17/h3-10H,1-2H3,(H2,21,24)(H,28,29). The molecule has 0 aliphatic rings. The molecule has 1 atom stereocenters. The van der Waals surface area contributed by atoms with Crippen LogP contribution in [-0.2, 0) is 10.3 Å². The molecule has 1 unspecified atom stereocenters. The highest BCUT2D eigenvalue weighted by Gasteiger charge is 2.40. The highest BCUT2D eigenvalue weighted by molar-refractivity contribution is 5.92. The Labute approximate surface area is 174 Å². The summed E-state index contributed by atoms with van der Waals surface area (Å²) in [6.07, 6.45) is 3.02. The maximum atomic E-state index is 12.5. The first-order valence-corrected chi connectivity index (χ1v) is 9.25. The minimum atomic E-state index is -1.59. The Kier molecular flexibility index (Phi) is 3.93. The molecule has 0 radical (unpaired) electrons. The summed E-state index contributed by atoms with van der Waals surface area (Å²) in [5.41, 5.74) is 5.65. The SMILES string of the molecule is COc1cccc(C(C)(C(=O)O)n2ncc3c2nc(N)n2nc(-c4ccco4)nc32)c1. The molecule has 0 aliphatic carbocycles. The van der Waals surface area contributed by atoms with Crippen LogP contribution in [-0.4, -0.2) is 47.5 Å². The lowest BCUT2D eigenvalue weighted by molar-refractivity contribution is -0.144. The van der Waals surface area contributed by atoms with Crippen molar-refractivity contribution in [3.05, 3.63) is 54.4 Å². The number of carbonyl (C=O) groups is 1. The average Bonchev–Trinajstić information content (AvgIpc) is 3.51. The van der Waals surface area contributed by atoms with Crippen LogP contribution >= 0.6 is 0 Å². The fraction of sp³-hybridized carbons (Fsp3) is 0.150. The smallest absolute Gasteiger partial charge is 0.336 e. The van der Waals surface area contributed by atoms with E-state index in [2.05, 4.69) is 20.2 Å². The molecule has 0 fully saturated rings. The first-order valence-electron chi connectivity index (χ1n) is 9.25. The summed E-state index contributed by atoms with van der Waals surface area (Å²) in [5, 5.41) is 19.4. The molecule has 0 amide bonds. The molecule has 5 rings (SSSR count). The Balaban J connectivity index is 1.77. The highest BCUT2D eigenvalue weighted by atomic mass is 16.5. The number of nitrogens with two attached hydrogens (primary N) is 1. The Hall–Kier alpha value is -4.41. The maximum Gasteiger partial charge on any atom is 0.336 e. The minimum Gasteiger partial charge on any atom is -0.497 e. The van der Waals surface area contributed by atoms with E-state index in [-0.39, 0.29) is 11.6 Å². The molecule has 4 aromatic heterocycles. The quantitative estimate of drug-likeness (QED) is 0.437. The lowest BCUT2D eigenvalue weighted by atomic mass is 9.92. The summed E-state index contributed by atoms with van der Waals surface area (Å²) in [4.78, 5) is 21.4. The van der Waals surface area contributed by atoms with Crippen molar-refractivity contribution in [2.45, 2.75) is 12.5 Å². The fourth-order valence-corrected chi connectivity index (χ4v) is 3.51. The number of carboxylic acids is 1. The van der Waals surface area contributed by atoms with E-state index < -0.39 is 11.5 Å². The molecular weight excluding hydrogens is 402 g/mol. The number of nitrogens with zero attached hydrogens (tertiary/aromatic N) is 6. The van der Waals surface area contributed by atoms with Crippen molar-refractivity contribution in [3.63, 3.8) is 0 Å². The molecule has 0 spiro atoms. The molecule has 4 heterocycles. The zero-order chi connectivity index (χ0) is 21.8. The van der Waals surface area contributed by atoms with Crippen molar-refractivity contribution in [2.24, 2.45) is 0 Å². The van der Waals surface area contributed by atoms with Gasteiger partial charge in [-0.3, -0.25) is 0 Å². The molecule has 0 saturated carbocycles. The first-order chi connectivity index (χ1) is 14.9. The molecule has 0 aliphatic heterocycles. The van der Waals surface area contributed by atoms with Gasteiger partial charge in [0.1, 0.15) is 5.75 Å². The van der Waals surface area contributed by atoms with Gasteiger partial charge >= 0.3 is 5.97 Å². The summed E-state index contributed by atoms with van der Waals surface area (Å²) in [6, 6.07) is 10.2. The lowest BCUT2D eigenvalue weighted by Gasteiger charge is -2.26. The molecule has 11 heteroatoms. The van der Waals surface area contributed by atoms with E-state index >= 15 is 0 Å². The van der Waals surface area contributed by atoms with Crippen LogP contribution in [0.15, 0.2) is 53.3 Å². The van der Waals surface area contributed by atoms with Gasteiger partial charge in [-0.05, 0) is 36.8 Å². The van der Waals surface area contributed by atoms with Gasteiger partial charge in [0.05, 0.1) is 25.0 Å². The van der Waals surface area contributed by atoms with Crippen LogP contribution in [0.5, 0.6) is 5.75 Å². The van der Waals surface area contributed by atoms with Crippen molar-refractivity contribution < 1.29 is 19.1 Å². The second-order valence-electron chi connectivity index (χ2n) is 7.02. The van der Waals surface area contributed by atoms with Gasteiger partial charge in [0, 0.05) is 0 Å². The van der Waals surface area contributed by atoms with Crippen LogP contribution in [0.2, 0.25) is 0 Å². The number of ether oxygens (including phenoxy) is 1. The number of benzene rings is 1. The predicted molar refractivity (Wildman–Crippen MR) is 110 cm³/mol. The first kappa shape index (κ1) is 18.6. The highest BCUT2D eigenvalue weighted by Crippen LogP contribution is 2.33. The molecule has 3 N–H and O–H groups in total. The molecule has 1 aromatic carbocycles. The van der Waals surface area contributed by atoms with Crippen LogP contribution in [0.25, 0.3) is 28.3 Å². The molecule has 0 bridgehead atoms. The summed E-state index contributed by atoms with van der Waals surface area (Å²) in [7, 11) is 1.52. The third-order valence-corrected chi connectivity index (χ3v) is 5.24. The van der Waals surface area contributed by atoms with Gasteiger partial charge < -0.3 is 20.0 Å². The largest absolute Gasteiger partial charge is 0.497 e. The summed E-state index contributed by atoms with van der Waals surface area (Å²) >= 11 is 0. The maximum absolute atomic E-state index is 12.5. The van der Waals surface area contributed by atoms with Gasteiger partial charge in [0.2, 0.25) is 11.8 Å². The van der Waals surface area contributed by atoms with Crippen LogP contribution in [0.1, 0.15) is 12.5 Å². The van der Waals surface area contributed by atoms with Crippen LogP contribution < -0.4 is 10.5 Å². The topological polar surface area (TPSA) is 147 Å². The number of aromatic nitrogens is 6. The molecule has 0 saturated heterocycles. The monoisotopic (exact) mass is 419 g/mol. The van der Waals surface area contributed by atoms with E-state index in [9.17, 15) is 9.90 Å². The second-order valence-corrected chi connectivity index (χ2v) is 7.02. The van der Waals surface area contributed by atoms with Gasteiger partial charge in [-0.2, -0.15) is 14.6 Å². The number of hydrogen-bond donors (Lipinski definition) is 2. The number of nitrogen functional groups attached to an aromatic ring is 1. The lowest BCUT2D eigenvalue weighted by Crippen LogP contribution is -2.41. The number of carboxylic acid groups (broad SMARTS) is 1. The Morgan fingerprint density at radius 2 is 2.06 bits per heavy atom. The van der Waals surface area contributed by atoms with E-state index in [1.165, 1.54) is 35.7 Å². The number of furan rings is 1. The van der Waals surface area contributed by atoms with E-state index in [1.807, 2.05) is 0 Å². The van der Waals surface area contributed by atoms with Crippen LogP contribution in [0.3, 0.4) is 0 Å². The van der Waals surface area contributed by atoms with E-state index in [4.69, 9.17) is 14.9 Å². The number of fused-ring (bicyclic) bond motifs is 3. The fourth-order valence-electron chi connectivity index (χ4n) is 3.51. The molecular formula is C20H17N7O4. The third-order valence-electron chi connectivity index (χ3n) is 5.24. The van der Waals surface area contributed by atoms with Gasteiger partial charge in [0.25, 0.3) is 0 Å². The number of anilines is 1. The van der Waals surface area contributed by atoms with Crippen LogP contribution in [0.4, 0.5) is 5.95 Å². The molecule has 11 nitrogen and oxygen atoms in total. The zero-order valence-corrected chi connectivity index (χ0v) is 16.6. The van der Waals surface area contributed by atoms with Crippen molar-refractivity contribution >= 4 is 28.6 Å². The van der Waals surface area contributed by atoms with Gasteiger partial charge in [-0.15, -0.1) is 5.10 Å². The summed E-state index contributed by atoms with van der Waals surface area (Å²) in [5.74, 6) is 0.233. The van der Waals surface area contributed by atoms with Crippen molar-refractivity contribution in [3.8, 4) is 17.3 Å². The average molecular weight is 419 g/mol. The van der Waals surface area contributed by atoms with Crippen LogP contribution in [0, 0.1) is 0 Å². The van der Waals surface area contributed by atoms with Gasteiger partial charge in [-0.1, -0.05) is 12.1 Å². The van der Waals surface area contributed by atoms with E-state index in [1.54, 1.807) is 36.4 Å². The van der Waals surface area contributed by atoms with Crippen molar-refractivity contribution in [2.75, 3.05) is 12.8 Å². The predicted octanol–water partition coefficient (Wildman–Crippen LogP) is 2.17. The third kappa shape index (κ3) is 2.63. The summed E-state index contributed by atoms with van der Waals surface area (Å²) in [6.45, 7) is 1.54. The normalized spacial score (nSPS) is 13.5. The zero-order valence-electron chi connectivity index (χ0n) is 16.6. The van der Waals surface area contributed by atoms with E-state index in [0.29, 0.717) is 33.9 Å². The second kappa shape index (κ2) is 6.55. The molecule has 31 heavy (non-hydrogen) atoms. The number of methoxy groups -OCH3 is 1. The Bertz CT molecular complexity index is 1440. The van der Waals surface area contributed by atoms with E-state index in [0.717, 1.165) is 0 Å². The Morgan fingerprint density at radius 3 is 2.77 bits per heavy atom. The van der Waals surface area contributed by atoms with Crippen molar-refractivity contribution in [1.82, 2.24) is 29.4 Å². The molecule has 156 valence electrons. The summed E-state index contributed by atoms with van der Waals surface area (Å²) < 4.78 is 13.3. The van der Waals surface area contributed by atoms with Gasteiger partial charge in [0.15, 0.2) is 22.6 Å². The number of rotatable bonds is 5. The minimum absolute atomic E-state index is 0.0351. The number of hydrogen-bond acceptors (Lipinski definition) is 8. The number of aliphatic carboxylic acids is 1. The Morgan fingerprint density at radius 1 is 1.23 bits per heavy atom. The molecule has 5 aromatic rings. The van der Waals surface area contributed by atoms with Gasteiger partial charge in [-0.25, -0.2) is 14.5 Å². The van der Waals surface area contributed by atoms with Crippen molar-refractivity contribution in [1.29, 1.82) is 0 Å².